The first-order valence-corrected chi connectivity index (χ1v) is 5.62. The van der Waals surface area contributed by atoms with Crippen LogP contribution in [-0.4, -0.2) is 42.6 Å². The Bertz CT molecular complexity index is 225. The largest absolute Gasteiger partial charge is 0.468 e. The average Bonchev–Trinajstić information content (AvgIpc) is 2.98. The summed E-state index contributed by atoms with van der Waals surface area (Å²) in [7, 11) is 1.38. The average molecular weight is 214 g/mol. The molecule has 1 unspecified atom stereocenters. The molecule has 0 aromatic carbocycles. The van der Waals surface area contributed by atoms with E-state index in [0.717, 1.165) is 13.0 Å². The van der Waals surface area contributed by atoms with Crippen molar-refractivity contribution in [1.29, 1.82) is 0 Å². The Balaban J connectivity index is 2.51. The molecule has 0 aromatic heterocycles. The third-order valence-electron chi connectivity index (χ3n) is 2.76. The van der Waals surface area contributed by atoms with E-state index in [1.807, 2.05) is 0 Å². The zero-order valence-corrected chi connectivity index (χ0v) is 9.95. The van der Waals surface area contributed by atoms with E-state index < -0.39 is 5.54 Å². The van der Waals surface area contributed by atoms with E-state index >= 15 is 0 Å². The summed E-state index contributed by atoms with van der Waals surface area (Å²) >= 11 is 0. The van der Waals surface area contributed by atoms with Crippen molar-refractivity contribution in [1.82, 2.24) is 4.90 Å². The van der Waals surface area contributed by atoms with Crippen LogP contribution in [0.4, 0.5) is 0 Å². The highest BCUT2D eigenvalue weighted by Gasteiger charge is 2.37. The smallest absolute Gasteiger partial charge is 0.326 e. The van der Waals surface area contributed by atoms with Crippen molar-refractivity contribution < 1.29 is 9.53 Å². The minimum atomic E-state index is -0.882. The molecule has 0 saturated heterocycles. The number of hydrogen-bond donors (Lipinski definition) is 1. The van der Waals surface area contributed by atoms with E-state index in [9.17, 15) is 4.79 Å². The standard InChI is InChI=1S/C11H22N2O2/c1-4-7-13(9-5-6-9)8-11(2,12)10(14)15-3/h9H,4-8,12H2,1-3H3. The van der Waals surface area contributed by atoms with Crippen LogP contribution in [0.1, 0.15) is 33.1 Å². The van der Waals surface area contributed by atoms with Crippen LogP contribution in [0.5, 0.6) is 0 Å². The fourth-order valence-corrected chi connectivity index (χ4v) is 1.84. The summed E-state index contributed by atoms with van der Waals surface area (Å²) in [5.74, 6) is -0.329. The summed E-state index contributed by atoms with van der Waals surface area (Å²) in [5, 5.41) is 0. The molecular formula is C11H22N2O2. The van der Waals surface area contributed by atoms with Gasteiger partial charge in [0, 0.05) is 12.6 Å². The van der Waals surface area contributed by atoms with Crippen LogP contribution in [0.25, 0.3) is 0 Å². The Labute approximate surface area is 91.8 Å². The molecule has 0 radical (unpaired) electrons. The molecule has 0 aliphatic heterocycles. The number of carbonyl (C=O) groups is 1. The van der Waals surface area contributed by atoms with Crippen molar-refractivity contribution in [3.05, 3.63) is 0 Å². The van der Waals surface area contributed by atoms with Crippen LogP contribution >= 0.6 is 0 Å². The SMILES string of the molecule is CCCN(CC(C)(N)C(=O)OC)C1CC1. The molecule has 4 nitrogen and oxygen atoms in total. The molecule has 1 saturated carbocycles. The lowest BCUT2D eigenvalue weighted by molar-refractivity contribution is -0.147. The van der Waals surface area contributed by atoms with Gasteiger partial charge in [-0.25, -0.2) is 0 Å². The quantitative estimate of drug-likeness (QED) is 0.663. The van der Waals surface area contributed by atoms with Crippen LogP contribution in [0.2, 0.25) is 0 Å². The second-order valence-corrected chi connectivity index (χ2v) is 4.61. The van der Waals surface area contributed by atoms with Crippen molar-refractivity contribution in [2.24, 2.45) is 5.73 Å². The Kier molecular flexibility index (Phi) is 4.11. The normalized spacial score (nSPS) is 20.1. The molecule has 0 amide bonds. The number of ether oxygens (including phenoxy) is 1. The molecule has 4 heteroatoms. The number of methoxy groups -OCH3 is 1. The Morgan fingerprint density at radius 2 is 2.20 bits per heavy atom. The predicted molar refractivity (Wildman–Crippen MR) is 59.5 cm³/mol. The van der Waals surface area contributed by atoms with Crippen LogP contribution in [0.15, 0.2) is 0 Å². The van der Waals surface area contributed by atoms with E-state index in [-0.39, 0.29) is 5.97 Å². The molecule has 2 N–H and O–H groups in total. The highest BCUT2D eigenvalue weighted by Crippen LogP contribution is 2.28. The number of hydrogen-bond acceptors (Lipinski definition) is 4. The molecule has 1 rings (SSSR count). The highest BCUT2D eigenvalue weighted by molar-refractivity contribution is 5.80. The lowest BCUT2D eigenvalue weighted by Gasteiger charge is -2.30. The van der Waals surface area contributed by atoms with Gasteiger partial charge in [-0.15, -0.1) is 0 Å². The maximum absolute atomic E-state index is 11.4. The molecule has 1 aliphatic carbocycles. The highest BCUT2D eigenvalue weighted by atomic mass is 16.5. The molecule has 1 aliphatic rings. The number of rotatable bonds is 6. The van der Waals surface area contributed by atoms with Crippen molar-refractivity contribution in [2.45, 2.75) is 44.7 Å². The van der Waals surface area contributed by atoms with E-state index in [0.29, 0.717) is 12.6 Å². The molecule has 15 heavy (non-hydrogen) atoms. The summed E-state index contributed by atoms with van der Waals surface area (Å²) in [6.45, 7) is 5.48. The predicted octanol–water partition coefficient (Wildman–Crippen LogP) is 0.751. The zero-order valence-electron chi connectivity index (χ0n) is 9.95. The van der Waals surface area contributed by atoms with Gasteiger partial charge in [0.25, 0.3) is 0 Å². The van der Waals surface area contributed by atoms with E-state index in [1.54, 1.807) is 6.92 Å². The molecule has 0 aromatic rings. The van der Waals surface area contributed by atoms with Crippen LogP contribution < -0.4 is 5.73 Å². The van der Waals surface area contributed by atoms with Gasteiger partial charge in [-0.3, -0.25) is 9.69 Å². The fourth-order valence-electron chi connectivity index (χ4n) is 1.84. The first-order valence-electron chi connectivity index (χ1n) is 5.62. The summed E-state index contributed by atoms with van der Waals surface area (Å²) in [4.78, 5) is 13.7. The Hall–Kier alpha value is -0.610. The number of nitrogens with two attached hydrogens (primary N) is 1. The zero-order chi connectivity index (χ0) is 11.5. The van der Waals surface area contributed by atoms with Crippen molar-refractivity contribution in [3.8, 4) is 0 Å². The minimum Gasteiger partial charge on any atom is -0.468 e. The summed E-state index contributed by atoms with van der Waals surface area (Å²) in [6.07, 6.45) is 3.56. The van der Waals surface area contributed by atoms with Gasteiger partial charge in [-0.05, 0) is 32.7 Å². The lowest BCUT2D eigenvalue weighted by Crippen LogP contribution is -2.55. The van der Waals surface area contributed by atoms with Gasteiger partial charge in [0.05, 0.1) is 7.11 Å². The molecule has 1 atom stereocenters. The third kappa shape index (κ3) is 3.47. The van der Waals surface area contributed by atoms with Crippen molar-refractivity contribution >= 4 is 5.97 Å². The monoisotopic (exact) mass is 214 g/mol. The summed E-state index contributed by atoms with van der Waals surface area (Å²) < 4.78 is 4.70. The van der Waals surface area contributed by atoms with Gasteiger partial charge >= 0.3 is 5.97 Å². The van der Waals surface area contributed by atoms with E-state index in [1.165, 1.54) is 20.0 Å². The van der Waals surface area contributed by atoms with Gasteiger partial charge in [0.2, 0.25) is 0 Å². The van der Waals surface area contributed by atoms with Gasteiger partial charge in [-0.1, -0.05) is 6.92 Å². The second-order valence-electron chi connectivity index (χ2n) is 4.61. The van der Waals surface area contributed by atoms with Gasteiger partial charge in [-0.2, -0.15) is 0 Å². The fraction of sp³-hybridized carbons (Fsp3) is 0.909. The maximum atomic E-state index is 11.4. The van der Waals surface area contributed by atoms with Crippen LogP contribution in [0, 0.1) is 0 Å². The molecule has 1 fully saturated rings. The van der Waals surface area contributed by atoms with Gasteiger partial charge in [0.1, 0.15) is 5.54 Å². The van der Waals surface area contributed by atoms with E-state index in [2.05, 4.69) is 11.8 Å². The van der Waals surface area contributed by atoms with Crippen LogP contribution in [-0.2, 0) is 9.53 Å². The van der Waals surface area contributed by atoms with Crippen molar-refractivity contribution in [2.75, 3.05) is 20.2 Å². The third-order valence-corrected chi connectivity index (χ3v) is 2.76. The molecule has 88 valence electrons. The Morgan fingerprint density at radius 3 is 2.60 bits per heavy atom. The summed E-state index contributed by atoms with van der Waals surface area (Å²) in [5.41, 5.74) is 5.07. The maximum Gasteiger partial charge on any atom is 0.326 e. The summed E-state index contributed by atoms with van der Waals surface area (Å²) in [6, 6.07) is 0.637. The molecule has 0 spiro atoms. The van der Waals surface area contributed by atoms with Gasteiger partial charge in [0.15, 0.2) is 0 Å². The molecule has 0 bridgehead atoms. The number of carbonyl (C=O) groups excluding carboxylic acids is 1. The topological polar surface area (TPSA) is 55.6 Å². The first kappa shape index (κ1) is 12.5. The van der Waals surface area contributed by atoms with Gasteiger partial charge < -0.3 is 10.5 Å². The van der Waals surface area contributed by atoms with Crippen molar-refractivity contribution in [3.63, 3.8) is 0 Å². The van der Waals surface area contributed by atoms with Crippen LogP contribution in [0.3, 0.4) is 0 Å². The Morgan fingerprint density at radius 1 is 1.60 bits per heavy atom. The second kappa shape index (κ2) is 4.94. The minimum absolute atomic E-state index is 0.329. The molecular weight excluding hydrogens is 192 g/mol. The lowest BCUT2D eigenvalue weighted by atomic mass is 10.0. The number of nitrogens with zero attached hydrogens (tertiary/aromatic N) is 1. The number of esters is 1. The first-order chi connectivity index (χ1) is 7.01. The van der Waals surface area contributed by atoms with E-state index in [4.69, 9.17) is 10.5 Å². The molecule has 0 heterocycles.